The Hall–Kier alpha value is -2.48. The van der Waals surface area contributed by atoms with Crippen LogP contribution in [0.3, 0.4) is 0 Å². The van der Waals surface area contributed by atoms with Crippen molar-refractivity contribution in [1.29, 1.82) is 0 Å². The van der Waals surface area contributed by atoms with E-state index in [-0.39, 0.29) is 17.1 Å². The van der Waals surface area contributed by atoms with Gasteiger partial charge in [0.15, 0.2) is 11.4 Å². The van der Waals surface area contributed by atoms with Crippen LogP contribution in [0.5, 0.6) is 0 Å². The Bertz CT molecular complexity index is 772. The van der Waals surface area contributed by atoms with Gasteiger partial charge in [0.05, 0.1) is 16.3 Å². The second kappa shape index (κ2) is 4.77. The summed E-state index contributed by atoms with van der Waals surface area (Å²) in [6.45, 7) is 0. The van der Waals surface area contributed by atoms with Gasteiger partial charge in [0, 0.05) is 12.4 Å². The minimum Gasteiger partial charge on any atom is -0.266 e. The number of anilines is 1. The normalized spacial score (nSPS) is 14.5. The van der Waals surface area contributed by atoms with Crippen molar-refractivity contribution in [2.24, 2.45) is 0 Å². The fraction of sp³-hybridized carbons (Fsp3) is 0.0769. The monoisotopic (exact) mass is 327 g/mol. The maximum atomic E-state index is 12.9. The molecule has 9 heteroatoms. The van der Waals surface area contributed by atoms with Crippen molar-refractivity contribution < 1.29 is 22.8 Å². The van der Waals surface area contributed by atoms with Gasteiger partial charge in [-0.1, -0.05) is 11.6 Å². The number of alkyl halides is 3. The van der Waals surface area contributed by atoms with Crippen LogP contribution < -0.4 is 4.90 Å². The Morgan fingerprint density at radius 2 is 1.55 bits per heavy atom. The molecule has 1 aliphatic heterocycles. The Labute approximate surface area is 126 Å². The maximum absolute atomic E-state index is 12.9. The van der Waals surface area contributed by atoms with E-state index in [1.165, 1.54) is 12.4 Å². The molecule has 5 nitrogen and oxygen atoms in total. The summed E-state index contributed by atoms with van der Waals surface area (Å²) < 4.78 is 38.6. The van der Waals surface area contributed by atoms with Crippen LogP contribution in [0.15, 0.2) is 30.6 Å². The molecule has 112 valence electrons. The summed E-state index contributed by atoms with van der Waals surface area (Å²) in [7, 11) is 0. The SMILES string of the molecule is O=C1c2nccnc2C(=O)N1c1ccc(Cl)c(C(F)(F)F)c1. The molecule has 0 saturated carbocycles. The van der Waals surface area contributed by atoms with E-state index in [1.807, 2.05) is 0 Å². The third-order valence-corrected chi connectivity index (χ3v) is 3.35. The van der Waals surface area contributed by atoms with Gasteiger partial charge in [-0.2, -0.15) is 13.2 Å². The van der Waals surface area contributed by atoms with Gasteiger partial charge in [0.2, 0.25) is 0 Å². The van der Waals surface area contributed by atoms with Gasteiger partial charge in [0.1, 0.15) is 0 Å². The number of aromatic nitrogens is 2. The number of fused-ring (bicyclic) bond motifs is 1. The first-order chi connectivity index (χ1) is 10.3. The number of hydrogen-bond donors (Lipinski definition) is 0. The smallest absolute Gasteiger partial charge is 0.266 e. The standard InChI is InChI=1S/C13H5ClF3N3O2/c14-8-2-1-6(5-7(8)13(15,16)17)20-11(21)9-10(12(20)22)19-4-3-18-9/h1-5H. The van der Waals surface area contributed by atoms with Crippen LogP contribution in [-0.4, -0.2) is 21.8 Å². The predicted molar refractivity (Wildman–Crippen MR) is 69.6 cm³/mol. The summed E-state index contributed by atoms with van der Waals surface area (Å²) in [5, 5.41) is -0.524. The Morgan fingerprint density at radius 3 is 2.05 bits per heavy atom. The zero-order chi connectivity index (χ0) is 16.1. The highest BCUT2D eigenvalue weighted by atomic mass is 35.5. The molecular formula is C13H5ClF3N3O2. The van der Waals surface area contributed by atoms with Gasteiger partial charge in [-0.15, -0.1) is 0 Å². The highest BCUT2D eigenvalue weighted by Gasteiger charge is 2.41. The molecule has 3 rings (SSSR count). The van der Waals surface area contributed by atoms with Crippen molar-refractivity contribution in [3.05, 3.63) is 52.6 Å². The summed E-state index contributed by atoms with van der Waals surface area (Å²) in [4.78, 5) is 32.3. The molecule has 1 aromatic carbocycles. The van der Waals surface area contributed by atoms with Crippen molar-refractivity contribution in [1.82, 2.24) is 9.97 Å². The number of nitrogens with zero attached hydrogens (tertiary/aromatic N) is 3. The third kappa shape index (κ3) is 2.12. The Morgan fingerprint density at radius 1 is 1.00 bits per heavy atom. The zero-order valence-electron chi connectivity index (χ0n) is 10.6. The van der Waals surface area contributed by atoms with E-state index in [9.17, 15) is 22.8 Å². The van der Waals surface area contributed by atoms with Gasteiger partial charge in [-0.25, -0.2) is 14.9 Å². The second-order valence-electron chi connectivity index (χ2n) is 4.36. The molecule has 0 unspecified atom stereocenters. The van der Waals surface area contributed by atoms with Crippen molar-refractivity contribution in [3.63, 3.8) is 0 Å². The Kier molecular flexibility index (Phi) is 3.13. The zero-order valence-corrected chi connectivity index (χ0v) is 11.3. The van der Waals surface area contributed by atoms with Crippen LogP contribution in [0.2, 0.25) is 5.02 Å². The summed E-state index contributed by atoms with van der Waals surface area (Å²) in [5.41, 5.74) is -1.78. The lowest BCUT2D eigenvalue weighted by Gasteiger charge is -2.16. The molecule has 1 aromatic heterocycles. The molecule has 0 aliphatic carbocycles. The van der Waals surface area contributed by atoms with E-state index in [0.717, 1.165) is 12.1 Å². The van der Waals surface area contributed by atoms with Gasteiger partial charge < -0.3 is 0 Å². The molecule has 0 saturated heterocycles. The summed E-state index contributed by atoms with van der Waals surface area (Å²) in [6, 6.07) is 2.77. The molecular weight excluding hydrogens is 323 g/mol. The van der Waals surface area contributed by atoms with E-state index in [4.69, 9.17) is 11.6 Å². The fourth-order valence-electron chi connectivity index (χ4n) is 2.06. The lowest BCUT2D eigenvalue weighted by Crippen LogP contribution is -2.30. The van der Waals surface area contributed by atoms with E-state index in [2.05, 4.69) is 9.97 Å². The lowest BCUT2D eigenvalue weighted by atomic mass is 10.2. The van der Waals surface area contributed by atoms with Crippen LogP contribution in [0, 0.1) is 0 Å². The number of amides is 2. The van der Waals surface area contributed by atoms with E-state index < -0.39 is 28.6 Å². The quantitative estimate of drug-likeness (QED) is 0.755. The third-order valence-electron chi connectivity index (χ3n) is 3.02. The molecule has 0 atom stereocenters. The first-order valence-electron chi connectivity index (χ1n) is 5.87. The fourth-order valence-corrected chi connectivity index (χ4v) is 2.28. The summed E-state index contributed by atoms with van der Waals surface area (Å²) in [6.07, 6.45) is -2.27. The first-order valence-corrected chi connectivity index (χ1v) is 6.25. The summed E-state index contributed by atoms with van der Waals surface area (Å²) in [5.74, 6) is -1.66. The lowest BCUT2D eigenvalue weighted by molar-refractivity contribution is -0.137. The number of benzene rings is 1. The minimum absolute atomic E-state index is 0.198. The maximum Gasteiger partial charge on any atom is 0.417 e. The number of halogens is 4. The van der Waals surface area contributed by atoms with Crippen LogP contribution >= 0.6 is 11.6 Å². The topological polar surface area (TPSA) is 63.2 Å². The minimum atomic E-state index is -4.71. The predicted octanol–water partition coefficient (Wildman–Crippen LogP) is 2.95. The van der Waals surface area contributed by atoms with Crippen LogP contribution in [0.1, 0.15) is 26.5 Å². The van der Waals surface area contributed by atoms with Crippen LogP contribution in [0.25, 0.3) is 0 Å². The molecule has 0 radical (unpaired) electrons. The van der Waals surface area contributed by atoms with Gasteiger partial charge in [-0.05, 0) is 18.2 Å². The number of hydrogen-bond acceptors (Lipinski definition) is 4. The second-order valence-corrected chi connectivity index (χ2v) is 4.77. The van der Waals surface area contributed by atoms with Gasteiger partial charge in [-0.3, -0.25) is 9.59 Å². The molecule has 1 aliphatic rings. The van der Waals surface area contributed by atoms with Crippen molar-refractivity contribution in [2.45, 2.75) is 6.18 Å². The largest absolute Gasteiger partial charge is 0.417 e. The molecule has 2 aromatic rings. The van der Waals surface area contributed by atoms with Crippen molar-refractivity contribution in [3.8, 4) is 0 Å². The van der Waals surface area contributed by atoms with E-state index in [0.29, 0.717) is 11.0 Å². The molecule has 0 bridgehead atoms. The van der Waals surface area contributed by atoms with Crippen LogP contribution in [0.4, 0.5) is 18.9 Å². The highest BCUT2D eigenvalue weighted by molar-refractivity contribution is 6.34. The number of carbonyl (C=O) groups excluding carboxylic acids is 2. The average Bonchev–Trinajstić information content (AvgIpc) is 2.71. The average molecular weight is 328 g/mol. The molecule has 0 N–H and O–H groups in total. The molecule has 2 amide bonds. The molecule has 22 heavy (non-hydrogen) atoms. The molecule has 0 fully saturated rings. The van der Waals surface area contributed by atoms with E-state index in [1.54, 1.807) is 0 Å². The van der Waals surface area contributed by atoms with Crippen molar-refractivity contribution >= 4 is 29.1 Å². The molecule has 0 spiro atoms. The first kappa shape index (κ1) is 14.5. The van der Waals surface area contributed by atoms with E-state index >= 15 is 0 Å². The number of rotatable bonds is 1. The van der Waals surface area contributed by atoms with Crippen LogP contribution in [-0.2, 0) is 6.18 Å². The summed E-state index contributed by atoms with van der Waals surface area (Å²) >= 11 is 5.52. The van der Waals surface area contributed by atoms with Crippen molar-refractivity contribution in [2.75, 3.05) is 4.90 Å². The van der Waals surface area contributed by atoms with Gasteiger partial charge in [0.25, 0.3) is 11.8 Å². The molecule has 2 heterocycles. The highest BCUT2D eigenvalue weighted by Crippen LogP contribution is 2.38. The Balaban J connectivity index is 2.11. The van der Waals surface area contributed by atoms with Gasteiger partial charge >= 0.3 is 6.18 Å². The number of imide groups is 1. The number of carbonyl (C=O) groups is 2.